The molecule has 1 saturated carbocycles. The number of carbonyl (C=O) groups excluding carboxylic acids is 1. The van der Waals surface area contributed by atoms with Gasteiger partial charge < -0.3 is 9.64 Å². The normalized spacial score (nSPS) is 14.4. The third-order valence-electron chi connectivity index (χ3n) is 2.97. The highest BCUT2D eigenvalue weighted by atomic mass is 79.9. The first kappa shape index (κ1) is 13.9. The van der Waals surface area contributed by atoms with Gasteiger partial charge in [-0.3, -0.25) is 4.79 Å². The Morgan fingerprint density at radius 2 is 2.22 bits per heavy atom. The highest BCUT2D eigenvalue weighted by Gasteiger charge is 2.33. The van der Waals surface area contributed by atoms with E-state index in [9.17, 15) is 4.79 Å². The molecule has 0 saturated heterocycles. The number of carbonyl (C=O) groups is 1. The van der Waals surface area contributed by atoms with Gasteiger partial charge in [-0.1, -0.05) is 31.9 Å². The van der Waals surface area contributed by atoms with Gasteiger partial charge in [-0.15, -0.1) is 0 Å². The summed E-state index contributed by atoms with van der Waals surface area (Å²) in [5.41, 5.74) is 0.633. The van der Waals surface area contributed by atoms with Gasteiger partial charge in [-0.25, -0.2) is 0 Å². The maximum atomic E-state index is 12.5. The SMILES string of the molecule is COc1cc(Br)ccc1C(=O)N(CCBr)C1CC1. The molecule has 5 heteroatoms. The Labute approximate surface area is 124 Å². The summed E-state index contributed by atoms with van der Waals surface area (Å²) in [6.45, 7) is 0.739. The van der Waals surface area contributed by atoms with Gasteiger partial charge >= 0.3 is 0 Å². The Kier molecular flexibility index (Phi) is 4.67. The Hall–Kier alpha value is -0.550. The molecular formula is C13H15Br2NO2. The molecule has 0 radical (unpaired) electrons. The van der Waals surface area contributed by atoms with Crippen LogP contribution in [-0.4, -0.2) is 35.8 Å². The van der Waals surface area contributed by atoms with Crippen LogP contribution in [0.25, 0.3) is 0 Å². The van der Waals surface area contributed by atoms with Crippen molar-refractivity contribution in [2.75, 3.05) is 19.0 Å². The van der Waals surface area contributed by atoms with Crippen LogP contribution in [0.5, 0.6) is 5.75 Å². The Balaban J connectivity index is 2.26. The fourth-order valence-electron chi connectivity index (χ4n) is 1.92. The molecular weight excluding hydrogens is 362 g/mol. The van der Waals surface area contributed by atoms with Crippen molar-refractivity contribution >= 4 is 37.8 Å². The number of halogens is 2. The predicted octanol–water partition coefficient (Wildman–Crippen LogP) is 3.46. The van der Waals surface area contributed by atoms with E-state index >= 15 is 0 Å². The molecule has 0 aliphatic heterocycles. The van der Waals surface area contributed by atoms with Crippen molar-refractivity contribution in [3.05, 3.63) is 28.2 Å². The lowest BCUT2D eigenvalue weighted by molar-refractivity contribution is 0.0751. The van der Waals surface area contributed by atoms with Crippen LogP contribution in [0.1, 0.15) is 23.2 Å². The molecule has 0 unspecified atom stereocenters. The molecule has 1 aromatic carbocycles. The number of alkyl halides is 1. The minimum atomic E-state index is 0.0568. The molecule has 0 bridgehead atoms. The average molecular weight is 377 g/mol. The lowest BCUT2D eigenvalue weighted by Crippen LogP contribution is -2.34. The van der Waals surface area contributed by atoms with Crippen LogP contribution in [0.3, 0.4) is 0 Å². The Bertz CT molecular complexity index is 447. The van der Waals surface area contributed by atoms with E-state index in [1.807, 2.05) is 23.1 Å². The van der Waals surface area contributed by atoms with Gasteiger partial charge in [0, 0.05) is 22.4 Å². The zero-order valence-corrected chi connectivity index (χ0v) is 13.3. The molecule has 1 aliphatic carbocycles. The zero-order valence-electron chi connectivity index (χ0n) is 10.2. The summed E-state index contributed by atoms with van der Waals surface area (Å²) in [7, 11) is 1.59. The standard InChI is InChI=1S/C13H15Br2NO2/c1-18-12-8-9(15)2-5-11(12)13(17)16(7-6-14)10-3-4-10/h2,5,8,10H,3-4,6-7H2,1H3. The molecule has 0 spiro atoms. The van der Waals surface area contributed by atoms with Gasteiger partial charge in [0.15, 0.2) is 0 Å². The molecule has 98 valence electrons. The van der Waals surface area contributed by atoms with Crippen molar-refractivity contribution < 1.29 is 9.53 Å². The van der Waals surface area contributed by atoms with Crippen molar-refractivity contribution in [2.24, 2.45) is 0 Å². The number of methoxy groups -OCH3 is 1. The smallest absolute Gasteiger partial charge is 0.257 e. The number of rotatable bonds is 5. The van der Waals surface area contributed by atoms with Crippen LogP contribution in [0, 0.1) is 0 Å². The molecule has 0 N–H and O–H groups in total. The predicted molar refractivity (Wildman–Crippen MR) is 78.5 cm³/mol. The molecule has 2 rings (SSSR count). The van der Waals surface area contributed by atoms with E-state index in [1.54, 1.807) is 7.11 Å². The second-order valence-electron chi connectivity index (χ2n) is 4.26. The van der Waals surface area contributed by atoms with Gasteiger partial charge in [-0.05, 0) is 31.0 Å². The van der Waals surface area contributed by atoms with Crippen LogP contribution < -0.4 is 4.74 Å². The van der Waals surface area contributed by atoms with E-state index < -0.39 is 0 Å². The minimum absolute atomic E-state index is 0.0568. The van der Waals surface area contributed by atoms with E-state index in [2.05, 4.69) is 31.9 Å². The Morgan fingerprint density at radius 1 is 1.50 bits per heavy atom. The maximum Gasteiger partial charge on any atom is 0.257 e. The fraction of sp³-hybridized carbons (Fsp3) is 0.462. The summed E-state index contributed by atoms with van der Waals surface area (Å²) < 4.78 is 6.20. The number of nitrogens with zero attached hydrogens (tertiary/aromatic N) is 1. The Morgan fingerprint density at radius 3 is 2.78 bits per heavy atom. The first-order valence-corrected chi connectivity index (χ1v) is 7.79. The van der Waals surface area contributed by atoms with Gasteiger partial charge in [-0.2, -0.15) is 0 Å². The van der Waals surface area contributed by atoms with Crippen molar-refractivity contribution in [1.82, 2.24) is 4.90 Å². The monoisotopic (exact) mass is 375 g/mol. The third-order valence-corrected chi connectivity index (χ3v) is 3.82. The topological polar surface area (TPSA) is 29.5 Å². The highest BCUT2D eigenvalue weighted by molar-refractivity contribution is 9.10. The second-order valence-corrected chi connectivity index (χ2v) is 5.97. The fourth-order valence-corrected chi connectivity index (χ4v) is 2.65. The molecule has 18 heavy (non-hydrogen) atoms. The summed E-state index contributed by atoms with van der Waals surface area (Å²) in [5, 5.41) is 0.800. The van der Waals surface area contributed by atoms with E-state index in [0.717, 1.165) is 29.2 Å². The van der Waals surface area contributed by atoms with Crippen LogP contribution in [0.15, 0.2) is 22.7 Å². The lowest BCUT2D eigenvalue weighted by atomic mass is 10.1. The van der Waals surface area contributed by atoms with Crippen molar-refractivity contribution in [2.45, 2.75) is 18.9 Å². The minimum Gasteiger partial charge on any atom is -0.496 e. The third kappa shape index (κ3) is 3.06. The largest absolute Gasteiger partial charge is 0.496 e. The van der Waals surface area contributed by atoms with E-state index in [0.29, 0.717) is 17.4 Å². The number of benzene rings is 1. The van der Waals surface area contributed by atoms with Crippen LogP contribution in [-0.2, 0) is 0 Å². The molecule has 1 amide bonds. The number of amides is 1. The lowest BCUT2D eigenvalue weighted by Gasteiger charge is -2.22. The van der Waals surface area contributed by atoms with Crippen LogP contribution in [0.2, 0.25) is 0 Å². The van der Waals surface area contributed by atoms with Gasteiger partial charge in [0.05, 0.1) is 12.7 Å². The summed E-state index contributed by atoms with van der Waals surface area (Å²) in [4.78, 5) is 14.4. The molecule has 1 aromatic rings. The van der Waals surface area contributed by atoms with Crippen molar-refractivity contribution in [3.63, 3.8) is 0 Å². The first-order valence-electron chi connectivity index (χ1n) is 5.88. The number of ether oxygens (including phenoxy) is 1. The molecule has 0 atom stereocenters. The quantitative estimate of drug-likeness (QED) is 0.736. The van der Waals surface area contributed by atoms with Gasteiger partial charge in [0.25, 0.3) is 5.91 Å². The second kappa shape index (κ2) is 6.06. The summed E-state index contributed by atoms with van der Waals surface area (Å²) >= 11 is 6.78. The van der Waals surface area contributed by atoms with Crippen molar-refractivity contribution in [1.29, 1.82) is 0 Å². The maximum absolute atomic E-state index is 12.5. The summed E-state index contributed by atoms with van der Waals surface area (Å²) in [5.74, 6) is 0.677. The van der Waals surface area contributed by atoms with Crippen LogP contribution >= 0.6 is 31.9 Å². The van der Waals surface area contributed by atoms with Gasteiger partial charge in [0.2, 0.25) is 0 Å². The first-order chi connectivity index (χ1) is 8.67. The molecule has 1 aliphatic rings. The number of hydrogen-bond donors (Lipinski definition) is 0. The van der Waals surface area contributed by atoms with Gasteiger partial charge in [0.1, 0.15) is 5.75 Å². The molecule has 1 fully saturated rings. The molecule has 0 aromatic heterocycles. The van der Waals surface area contributed by atoms with Crippen molar-refractivity contribution in [3.8, 4) is 5.75 Å². The van der Waals surface area contributed by atoms with E-state index in [1.165, 1.54) is 0 Å². The summed E-state index contributed by atoms with van der Waals surface area (Å²) in [6.07, 6.45) is 2.22. The molecule has 0 heterocycles. The molecule has 3 nitrogen and oxygen atoms in total. The van der Waals surface area contributed by atoms with E-state index in [-0.39, 0.29) is 5.91 Å². The summed E-state index contributed by atoms with van der Waals surface area (Å²) in [6, 6.07) is 5.92. The average Bonchev–Trinajstić information content (AvgIpc) is 3.19. The van der Waals surface area contributed by atoms with Crippen LogP contribution in [0.4, 0.5) is 0 Å². The van der Waals surface area contributed by atoms with E-state index in [4.69, 9.17) is 4.74 Å². The zero-order chi connectivity index (χ0) is 13.1. The number of hydrogen-bond acceptors (Lipinski definition) is 2. The highest BCUT2D eigenvalue weighted by Crippen LogP contribution is 2.31.